The normalized spacial score (nSPS) is 11.3. The Balaban J connectivity index is 2.58. The van der Waals surface area contributed by atoms with Crippen molar-refractivity contribution in [2.75, 3.05) is 0 Å². The number of hydrogen-bond acceptors (Lipinski definition) is 4. The summed E-state index contributed by atoms with van der Waals surface area (Å²) in [6.07, 6.45) is -0.529. The third-order valence-corrected chi connectivity index (χ3v) is 1.57. The number of hydrogen-bond donors (Lipinski definition) is 3. The van der Waals surface area contributed by atoms with Gasteiger partial charge in [-0.25, -0.2) is 9.18 Å². The van der Waals surface area contributed by atoms with Crippen LogP contribution in [-0.4, -0.2) is 12.3 Å². The minimum Gasteiger partial charge on any atom is -0.410 e. The standard InChI is InChI=1S/C10H10FN3O2/c11-8(6-12)9(13)14-10(15)16-7-4-2-1-3-5-7/h1-6,12H,13H2,(H,14,15)/b9-8-,12-6?. The number of amides is 1. The Morgan fingerprint density at radius 3 is 2.62 bits per heavy atom. The van der Waals surface area contributed by atoms with E-state index in [1.807, 2.05) is 5.32 Å². The Hall–Kier alpha value is -2.37. The highest BCUT2D eigenvalue weighted by Gasteiger charge is 2.07. The number of carbonyl (C=O) groups excluding carboxylic acids is 1. The van der Waals surface area contributed by atoms with Crippen LogP contribution < -0.4 is 15.8 Å². The zero-order valence-electron chi connectivity index (χ0n) is 8.24. The summed E-state index contributed by atoms with van der Waals surface area (Å²) in [5.41, 5.74) is 5.12. The van der Waals surface area contributed by atoms with Crippen molar-refractivity contribution in [2.24, 2.45) is 5.73 Å². The fraction of sp³-hybridized carbons (Fsp3) is 0. The molecule has 16 heavy (non-hydrogen) atoms. The maximum absolute atomic E-state index is 12.7. The van der Waals surface area contributed by atoms with Crippen LogP contribution in [0.2, 0.25) is 0 Å². The van der Waals surface area contributed by atoms with Crippen molar-refractivity contribution in [3.63, 3.8) is 0 Å². The summed E-state index contributed by atoms with van der Waals surface area (Å²) >= 11 is 0. The Bertz CT molecular complexity index is 417. The highest BCUT2D eigenvalue weighted by atomic mass is 19.1. The fourth-order valence-electron chi connectivity index (χ4n) is 0.869. The largest absolute Gasteiger partial charge is 0.418 e. The van der Waals surface area contributed by atoms with E-state index in [1.54, 1.807) is 30.3 Å². The highest BCUT2D eigenvalue weighted by molar-refractivity contribution is 5.77. The van der Waals surface area contributed by atoms with E-state index in [1.165, 1.54) is 0 Å². The van der Waals surface area contributed by atoms with E-state index >= 15 is 0 Å². The van der Waals surface area contributed by atoms with Crippen LogP contribution in [0, 0.1) is 5.41 Å². The lowest BCUT2D eigenvalue weighted by Crippen LogP contribution is -2.31. The van der Waals surface area contributed by atoms with Gasteiger partial charge in [-0.3, -0.25) is 5.32 Å². The molecule has 1 aromatic carbocycles. The molecule has 84 valence electrons. The first-order valence-electron chi connectivity index (χ1n) is 4.33. The maximum atomic E-state index is 12.7. The van der Waals surface area contributed by atoms with E-state index in [0.29, 0.717) is 12.0 Å². The van der Waals surface area contributed by atoms with Crippen LogP contribution in [0.3, 0.4) is 0 Å². The van der Waals surface area contributed by atoms with E-state index in [0.717, 1.165) is 0 Å². The third kappa shape index (κ3) is 3.41. The molecule has 0 aliphatic heterocycles. The molecule has 0 aliphatic carbocycles. The van der Waals surface area contributed by atoms with Gasteiger partial charge in [-0.05, 0) is 12.1 Å². The summed E-state index contributed by atoms with van der Waals surface area (Å²) < 4.78 is 17.4. The first-order chi connectivity index (χ1) is 7.63. The van der Waals surface area contributed by atoms with Gasteiger partial charge in [0, 0.05) is 0 Å². The predicted molar refractivity (Wildman–Crippen MR) is 56.7 cm³/mol. The molecule has 0 bridgehead atoms. The van der Waals surface area contributed by atoms with Crippen LogP contribution in [0.25, 0.3) is 0 Å². The number of ether oxygens (including phenoxy) is 1. The van der Waals surface area contributed by atoms with Gasteiger partial charge in [0.15, 0.2) is 5.83 Å². The Labute approximate surface area is 91.2 Å². The van der Waals surface area contributed by atoms with Crippen molar-refractivity contribution < 1.29 is 13.9 Å². The number of halogens is 1. The van der Waals surface area contributed by atoms with Crippen LogP contribution in [0.5, 0.6) is 5.75 Å². The summed E-state index contributed by atoms with van der Waals surface area (Å²) in [5.74, 6) is -1.29. The number of benzene rings is 1. The second kappa shape index (κ2) is 5.50. The van der Waals surface area contributed by atoms with Gasteiger partial charge in [0.05, 0.1) is 6.21 Å². The average molecular weight is 223 g/mol. The molecule has 0 unspecified atom stereocenters. The second-order valence-electron chi connectivity index (χ2n) is 2.73. The molecule has 1 amide bonds. The van der Waals surface area contributed by atoms with Crippen molar-refractivity contribution in [1.82, 2.24) is 5.32 Å². The van der Waals surface area contributed by atoms with Crippen molar-refractivity contribution in [1.29, 1.82) is 5.41 Å². The molecular formula is C10H10FN3O2. The van der Waals surface area contributed by atoms with E-state index in [9.17, 15) is 9.18 Å². The molecule has 0 atom stereocenters. The number of para-hydroxylation sites is 1. The second-order valence-corrected chi connectivity index (χ2v) is 2.73. The number of carbonyl (C=O) groups is 1. The lowest BCUT2D eigenvalue weighted by atomic mass is 10.3. The number of allylic oxidation sites excluding steroid dienone is 1. The molecule has 0 saturated carbocycles. The number of nitrogens with one attached hydrogen (secondary N) is 2. The van der Waals surface area contributed by atoms with Crippen molar-refractivity contribution in [2.45, 2.75) is 0 Å². The zero-order chi connectivity index (χ0) is 12.0. The molecule has 4 N–H and O–H groups in total. The van der Waals surface area contributed by atoms with Gasteiger partial charge >= 0.3 is 6.09 Å². The molecule has 0 spiro atoms. The smallest absolute Gasteiger partial charge is 0.410 e. The molecular weight excluding hydrogens is 213 g/mol. The van der Waals surface area contributed by atoms with Crippen LogP contribution in [0.4, 0.5) is 9.18 Å². The molecule has 0 aliphatic rings. The van der Waals surface area contributed by atoms with Gasteiger partial charge < -0.3 is 15.9 Å². The minimum absolute atomic E-state index is 0.308. The molecule has 0 heterocycles. The van der Waals surface area contributed by atoms with Crippen LogP contribution in [-0.2, 0) is 0 Å². The Morgan fingerprint density at radius 2 is 2.06 bits per heavy atom. The third-order valence-electron chi connectivity index (χ3n) is 1.57. The summed E-state index contributed by atoms with van der Waals surface area (Å²) in [6.45, 7) is 0. The summed E-state index contributed by atoms with van der Waals surface area (Å²) in [5, 5.41) is 8.52. The maximum Gasteiger partial charge on any atom is 0.418 e. The molecule has 0 fully saturated rings. The van der Waals surface area contributed by atoms with Gasteiger partial charge in [0.25, 0.3) is 0 Å². The Morgan fingerprint density at radius 1 is 1.44 bits per heavy atom. The van der Waals surface area contributed by atoms with Crippen LogP contribution >= 0.6 is 0 Å². The van der Waals surface area contributed by atoms with E-state index in [4.69, 9.17) is 15.9 Å². The predicted octanol–water partition coefficient (Wildman–Crippen LogP) is 1.52. The number of rotatable bonds is 3. The van der Waals surface area contributed by atoms with Gasteiger partial charge in [0.1, 0.15) is 11.6 Å². The van der Waals surface area contributed by atoms with E-state index in [2.05, 4.69) is 0 Å². The van der Waals surface area contributed by atoms with Crippen LogP contribution in [0.15, 0.2) is 42.0 Å². The van der Waals surface area contributed by atoms with E-state index < -0.39 is 17.7 Å². The molecule has 1 rings (SSSR count). The molecule has 5 nitrogen and oxygen atoms in total. The summed E-state index contributed by atoms with van der Waals surface area (Å²) in [7, 11) is 0. The Kier molecular flexibility index (Phi) is 4.02. The molecule has 1 aromatic rings. The zero-order valence-corrected chi connectivity index (χ0v) is 8.24. The topological polar surface area (TPSA) is 88.2 Å². The van der Waals surface area contributed by atoms with Crippen molar-refractivity contribution in [3.05, 3.63) is 42.0 Å². The average Bonchev–Trinajstić information content (AvgIpc) is 2.29. The minimum atomic E-state index is -1.04. The van der Waals surface area contributed by atoms with E-state index in [-0.39, 0.29) is 0 Å². The molecule has 0 saturated heterocycles. The SMILES string of the molecule is N=C/C(F)=C(\N)NC(=O)Oc1ccccc1. The van der Waals surface area contributed by atoms with Gasteiger partial charge in [-0.15, -0.1) is 0 Å². The molecule has 0 radical (unpaired) electrons. The van der Waals surface area contributed by atoms with Gasteiger partial charge in [-0.2, -0.15) is 0 Å². The summed E-state index contributed by atoms with van der Waals surface area (Å²) in [6, 6.07) is 8.24. The molecule has 6 heteroatoms. The fourth-order valence-corrected chi connectivity index (χ4v) is 0.869. The lowest BCUT2D eigenvalue weighted by Gasteiger charge is -2.06. The molecule has 0 aromatic heterocycles. The van der Waals surface area contributed by atoms with Gasteiger partial charge in [-0.1, -0.05) is 18.2 Å². The highest BCUT2D eigenvalue weighted by Crippen LogP contribution is 2.08. The number of nitrogens with two attached hydrogens (primary N) is 1. The quantitative estimate of drug-likeness (QED) is 0.679. The van der Waals surface area contributed by atoms with Crippen molar-refractivity contribution in [3.8, 4) is 5.75 Å². The van der Waals surface area contributed by atoms with Crippen molar-refractivity contribution >= 4 is 12.3 Å². The monoisotopic (exact) mass is 223 g/mol. The first kappa shape index (κ1) is 11.7. The lowest BCUT2D eigenvalue weighted by molar-refractivity contribution is 0.203. The first-order valence-corrected chi connectivity index (χ1v) is 4.33. The van der Waals surface area contributed by atoms with Gasteiger partial charge in [0.2, 0.25) is 0 Å². The van der Waals surface area contributed by atoms with Crippen LogP contribution in [0.1, 0.15) is 0 Å². The summed E-state index contributed by atoms with van der Waals surface area (Å²) in [4.78, 5) is 11.2.